The zero-order chi connectivity index (χ0) is 61.9. The predicted octanol–water partition coefficient (Wildman–Crippen LogP) is 17.1. The van der Waals surface area contributed by atoms with Crippen LogP contribution in [0.15, 0.2) is 95.9 Å². The number of aryl methyl sites for hydroxylation is 2. The number of carbonyl (C=O) groups excluding carboxylic acids is 4. The Kier molecular flexibility index (Phi) is 29.3. The molecule has 450 valence electrons. The molecule has 0 fully saturated rings. The second-order valence-corrected chi connectivity index (χ2v) is 26.9. The standard InChI is InChI=1S/C15H22O3.C14H21FO2S.C13H18O3.C13H18O.C12H16O2.CH4/c1-7-11-12(17-5)8-10(9-13(11)18-6)14(16)15(2,3)4;1-10-8-12(15)9-13(11(10)2)18(16,17)7-6-14(3,4)5;1-13(2,3)12(14)10-7-6-9(15-4)8-11(10)16-5;1-5-10-7-6-8-11(9-10)12(14)13(2,3)4;1-12(2,3)11(13)9-7-5-6-8-10(9)14-4;/h8-9H,7H2,1-6H3;8-9H,6-7H2,1-5H3;6-8H,1-5H3;6-9H,5H2,1-4H3;5-8H,1-4H3;1H4. The second-order valence-electron chi connectivity index (χ2n) is 24.8. The molecule has 13 heteroatoms. The Morgan fingerprint density at radius 2 is 0.938 bits per heavy atom. The number of para-hydroxylation sites is 1. The van der Waals surface area contributed by atoms with Crippen LogP contribution in [0.2, 0.25) is 0 Å². The molecule has 11 nitrogen and oxygen atoms in total. The van der Waals surface area contributed by atoms with Crippen molar-refractivity contribution in [3.05, 3.63) is 141 Å². The number of halogens is 1. The Morgan fingerprint density at radius 1 is 0.481 bits per heavy atom. The number of methoxy groups -OCH3 is 5. The van der Waals surface area contributed by atoms with Gasteiger partial charge in [-0.05, 0) is 110 Å². The maximum Gasteiger partial charge on any atom is 0.178 e. The van der Waals surface area contributed by atoms with Crippen LogP contribution >= 0.6 is 0 Å². The number of sulfone groups is 1. The normalized spacial score (nSPS) is 11.4. The molecule has 0 N–H and O–H groups in total. The van der Waals surface area contributed by atoms with Gasteiger partial charge < -0.3 is 23.7 Å². The smallest absolute Gasteiger partial charge is 0.178 e. The van der Waals surface area contributed by atoms with E-state index in [4.69, 9.17) is 23.7 Å². The molecule has 0 spiro atoms. The van der Waals surface area contributed by atoms with Crippen molar-refractivity contribution in [2.24, 2.45) is 27.1 Å². The van der Waals surface area contributed by atoms with Crippen LogP contribution in [0.5, 0.6) is 28.7 Å². The first-order chi connectivity index (χ1) is 36.7. The molecule has 0 bridgehead atoms. The summed E-state index contributed by atoms with van der Waals surface area (Å²) in [4.78, 5) is 48.4. The summed E-state index contributed by atoms with van der Waals surface area (Å²) in [6.07, 6.45) is 2.34. The van der Waals surface area contributed by atoms with Gasteiger partial charge in [0.05, 0.1) is 57.3 Å². The monoisotopic (exact) mass is 1140 g/mol. The maximum absolute atomic E-state index is 13.3. The molecule has 0 aromatic heterocycles. The van der Waals surface area contributed by atoms with Gasteiger partial charge in [-0.1, -0.05) is 155 Å². The molecule has 0 amide bonds. The molecule has 0 saturated carbocycles. The Balaban J connectivity index is 0.000000988. The number of benzene rings is 5. The fourth-order valence-corrected chi connectivity index (χ4v) is 9.57. The molecule has 0 unspecified atom stereocenters. The molecule has 0 aliphatic heterocycles. The SMILES string of the molecule is C.CCc1c(OC)cc(C(=O)C(C)(C)C)cc1OC.CCc1cccc(C(=O)C(C)(C)C)c1.COc1ccc(C(=O)C(C)(C)C)c(OC)c1.COc1ccccc1C(=O)C(C)(C)C.Cc1cc(F)cc(S(=O)(=O)CCC(C)(C)C)c1C. The minimum Gasteiger partial charge on any atom is -0.497 e. The summed E-state index contributed by atoms with van der Waals surface area (Å²) < 4.78 is 64.0. The van der Waals surface area contributed by atoms with E-state index in [0.29, 0.717) is 63.0 Å². The summed E-state index contributed by atoms with van der Waals surface area (Å²) in [7, 11) is 4.52. The minimum absolute atomic E-state index is 0. The third-order valence-electron chi connectivity index (χ3n) is 12.6. The first-order valence-corrected chi connectivity index (χ1v) is 28.7. The number of hydrogen-bond acceptors (Lipinski definition) is 11. The molecule has 5 rings (SSSR count). The molecule has 0 heterocycles. The quantitative estimate of drug-likeness (QED) is 0.0978. The fraction of sp³-hybridized carbons (Fsp3) is 0.500. The number of carbonyl (C=O) groups is 4. The summed E-state index contributed by atoms with van der Waals surface area (Å²) in [5, 5.41) is 0. The third-order valence-corrected chi connectivity index (χ3v) is 14.4. The van der Waals surface area contributed by atoms with Crippen molar-refractivity contribution in [1.82, 2.24) is 0 Å². The van der Waals surface area contributed by atoms with Crippen LogP contribution in [-0.2, 0) is 22.7 Å². The van der Waals surface area contributed by atoms with E-state index in [9.17, 15) is 32.0 Å². The van der Waals surface area contributed by atoms with Gasteiger partial charge in [0.15, 0.2) is 33.0 Å². The number of ketones is 4. The van der Waals surface area contributed by atoms with E-state index in [1.807, 2.05) is 141 Å². The van der Waals surface area contributed by atoms with Gasteiger partial charge >= 0.3 is 0 Å². The van der Waals surface area contributed by atoms with Crippen LogP contribution in [0.3, 0.4) is 0 Å². The van der Waals surface area contributed by atoms with Crippen LogP contribution in [0.4, 0.5) is 4.39 Å². The summed E-state index contributed by atoms with van der Waals surface area (Å²) >= 11 is 0. The van der Waals surface area contributed by atoms with Crippen LogP contribution in [0.1, 0.15) is 195 Å². The highest BCUT2D eigenvalue weighted by molar-refractivity contribution is 7.91. The van der Waals surface area contributed by atoms with E-state index < -0.39 is 26.5 Å². The number of hydrogen-bond donors (Lipinski definition) is 0. The Bertz CT molecular complexity index is 2950. The average Bonchev–Trinajstić information content (AvgIpc) is 3.39. The summed E-state index contributed by atoms with van der Waals surface area (Å²) in [5.74, 6) is 3.34. The van der Waals surface area contributed by atoms with Gasteiger partial charge in [-0.15, -0.1) is 0 Å². The largest absolute Gasteiger partial charge is 0.497 e. The second kappa shape index (κ2) is 31.8. The van der Waals surface area contributed by atoms with Gasteiger partial charge in [-0.3, -0.25) is 19.2 Å². The highest BCUT2D eigenvalue weighted by Crippen LogP contribution is 2.35. The lowest BCUT2D eigenvalue weighted by Gasteiger charge is -2.19. The molecule has 5 aromatic rings. The van der Waals surface area contributed by atoms with Gasteiger partial charge in [0.25, 0.3) is 0 Å². The van der Waals surface area contributed by atoms with E-state index in [-0.39, 0.29) is 57.5 Å². The Morgan fingerprint density at radius 3 is 1.36 bits per heavy atom. The van der Waals surface area contributed by atoms with Crippen molar-refractivity contribution in [1.29, 1.82) is 0 Å². The lowest BCUT2D eigenvalue weighted by Crippen LogP contribution is -2.20. The molecule has 81 heavy (non-hydrogen) atoms. The molecule has 5 aromatic carbocycles. The van der Waals surface area contributed by atoms with E-state index in [2.05, 4.69) is 13.0 Å². The first-order valence-electron chi connectivity index (χ1n) is 27.1. The number of Topliss-reactive ketones (excluding diaryl/α,β-unsaturated/α-hetero) is 4. The van der Waals surface area contributed by atoms with Crippen LogP contribution in [0, 0.1) is 46.7 Å². The fourth-order valence-electron chi connectivity index (χ4n) is 7.55. The highest BCUT2D eigenvalue weighted by Gasteiger charge is 2.29. The average molecular weight is 1140 g/mol. The Hall–Kier alpha value is -6.34. The molecule has 0 aliphatic carbocycles. The molecule has 0 saturated heterocycles. The maximum atomic E-state index is 13.3. The van der Waals surface area contributed by atoms with Gasteiger partial charge in [0, 0.05) is 44.4 Å². The van der Waals surface area contributed by atoms with Crippen molar-refractivity contribution in [2.45, 2.75) is 163 Å². The summed E-state index contributed by atoms with van der Waals surface area (Å²) in [5.41, 5.74) is 4.71. The van der Waals surface area contributed by atoms with Crippen molar-refractivity contribution in [2.75, 3.05) is 41.3 Å². The van der Waals surface area contributed by atoms with Crippen molar-refractivity contribution in [3.8, 4) is 28.7 Å². The first kappa shape index (κ1) is 74.7. The lowest BCUT2D eigenvalue weighted by molar-refractivity contribution is 0.0849. The molecule has 0 atom stereocenters. The van der Waals surface area contributed by atoms with Crippen LogP contribution < -0.4 is 23.7 Å². The van der Waals surface area contributed by atoms with E-state index in [0.717, 1.165) is 30.0 Å². The highest BCUT2D eigenvalue weighted by atomic mass is 32.2. The van der Waals surface area contributed by atoms with Crippen molar-refractivity contribution in [3.63, 3.8) is 0 Å². The molecular weight excluding hydrogens is 1040 g/mol. The van der Waals surface area contributed by atoms with Gasteiger partial charge in [0.2, 0.25) is 0 Å². The summed E-state index contributed by atoms with van der Waals surface area (Å²) in [6.45, 7) is 36.5. The molecular formula is C68H99FO11S. The molecule has 0 radical (unpaired) electrons. The lowest BCUT2D eigenvalue weighted by atomic mass is 9.86. The van der Waals surface area contributed by atoms with Crippen molar-refractivity contribution >= 4 is 33.0 Å². The van der Waals surface area contributed by atoms with Gasteiger partial charge in [-0.25, -0.2) is 12.8 Å². The third kappa shape index (κ3) is 23.6. The number of ether oxygens (including phenoxy) is 5. The topological polar surface area (TPSA) is 149 Å². The Labute approximate surface area is 488 Å². The van der Waals surface area contributed by atoms with Crippen LogP contribution in [0.25, 0.3) is 0 Å². The van der Waals surface area contributed by atoms with Gasteiger partial charge in [0.1, 0.15) is 34.6 Å². The zero-order valence-corrected chi connectivity index (χ0v) is 53.6. The predicted molar refractivity (Wildman–Crippen MR) is 331 cm³/mol. The zero-order valence-electron chi connectivity index (χ0n) is 52.8. The van der Waals surface area contributed by atoms with Gasteiger partial charge in [-0.2, -0.15) is 0 Å². The van der Waals surface area contributed by atoms with E-state index >= 15 is 0 Å². The minimum atomic E-state index is -3.41. The van der Waals surface area contributed by atoms with E-state index in [1.54, 1.807) is 91.9 Å². The van der Waals surface area contributed by atoms with E-state index in [1.165, 1.54) is 11.6 Å². The van der Waals surface area contributed by atoms with Crippen LogP contribution in [-0.4, -0.2) is 72.9 Å². The molecule has 0 aliphatic rings. The summed E-state index contributed by atoms with van der Waals surface area (Å²) in [6, 6.07) is 26.5. The van der Waals surface area contributed by atoms with Crippen molar-refractivity contribution < 1.29 is 55.7 Å². The number of rotatable bonds is 14.